The summed E-state index contributed by atoms with van der Waals surface area (Å²) in [5.74, 6) is -1.99. The molecule has 2 N–H and O–H groups in total. The van der Waals surface area contributed by atoms with Crippen molar-refractivity contribution in [2.24, 2.45) is 0 Å². The van der Waals surface area contributed by atoms with Gasteiger partial charge in [-0.2, -0.15) is 0 Å². The molecule has 0 aliphatic heterocycles. The maximum absolute atomic E-state index is 10.8. The van der Waals surface area contributed by atoms with E-state index in [0.717, 1.165) is 5.56 Å². The lowest BCUT2D eigenvalue weighted by Gasteiger charge is -2.22. The Balaban J connectivity index is 2.89. The Labute approximate surface area is 110 Å². The zero-order valence-electron chi connectivity index (χ0n) is 9.89. The SMILES string of the molecule is Cc1ccc(N(CCC(=O)O)CC(=O)O)cc1Cl. The molecule has 0 amide bonds. The fourth-order valence-corrected chi connectivity index (χ4v) is 1.65. The first-order chi connectivity index (χ1) is 8.40. The van der Waals surface area contributed by atoms with Crippen molar-refractivity contribution in [3.8, 4) is 0 Å². The summed E-state index contributed by atoms with van der Waals surface area (Å²) in [7, 11) is 0. The van der Waals surface area contributed by atoms with Crippen LogP contribution >= 0.6 is 11.6 Å². The molecule has 0 unspecified atom stereocenters. The molecule has 1 rings (SSSR count). The second-order valence-electron chi connectivity index (χ2n) is 3.89. The van der Waals surface area contributed by atoms with E-state index in [9.17, 15) is 9.59 Å². The van der Waals surface area contributed by atoms with Gasteiger partial charge in [0.05, 0.1) is 6.42 Å². The van der Waals surface area contributed by atoms with Crippen molar-refractivity contribution in [1.82, 2.24) is 0 Å². The number of carboxylic acid groups (broad SMARTS) is 2. The topological polar surface area (TPSA) is 77.8 Å². The van der Waals surface area contributed by atoms with Crippen molar-refractivity contribution < 1.29 is 19.8 Å². The summed E-state index contributed by atoms with van der Waals surface area (Å²) in [5.41, 5.74) is 1.49. The van der Waals surface area contributed by atoms with E-state index >= 15 is 0 Å². The molecule has 0 spiro atoms. The van der Waals surface area contributed by atoms with Crippen LogP contribution in [0.5, 0.6) is 0 Å². The fraction of sp³-hybridized carbons (Fsp3) is 0.333. The van der Waals surface area contributed by atoms with Crippen molar-refractivity contribution in [3.63, 3.8) is 0 Å². The largest absolute Gasteiger partial charge is 0.481 e. The van der Waals surface area contributed by atoms with Gasteiger partial charge in [0.15, 0.2) is 0 Å². The number of hydrogen-bond donors (Lipinski definition) is 2. The molecule has 0 aliphatic rings. The number of anilines is 1. The number of hydrogen-bond acceptors (Lipinski definition) is 3. The Morgan fingerprint density at radius 1 is 1.28 bits per heavy atom. The van der Waals surface area contributed by atoms with Crippen LogP contribution in [0.1, 0.15) is 12.0 Å². The number of nitrogens with zero attached hydrogens (tertiary/aromatic N) is 1. The van der Waals surface area contributed by atoms with Gasteiger partial charge < -0.3 is 15.1 Å². The minimum absolute atomic E-state index is 0.126. The Bertz CT molecular complexity index is 461. The van der Waals surface area contributed by atoms with Crippen LogP contribution in [0.2, 0.25) is 5.02 Å². The van der Waals surface area contributed by atoms with Gasteiger partial charge in [0.2, 0.25) is 0 Å². The van der Waals surface area contributed by atoms with Gasteiger partial charge in [0.25, 0.3) is 0 Å². The normalized spacial score (nSPS) is 10.1. The first-order valence-corrected chi connectivity index (χ1v) is 5.72. The Morgan fingerprint density at radius 2 is 1.94 bits per heavy atom. The Kier molecular flexibility index (Phi) is 4.97. The fourth-order valence-electron chi connectivity index (χ4n) is 1.47. The van der Waals surface area contributed by atoms with Crippen molar-refractivity contribution in [2.45, 2.75) is 13.3 Å². The van der Waals surface area contributed by atoms with E-state index in [0.29, 0.717) is 10.7 Å². The molecule has 0 saturated carbocycles. The zero-order chi connectivity index (χ0) is 13.7. The number of aryl methyl sites for hydroxylation is 1. The molecule has 1 aromatic rings. The van der Waals surface area contributed by atoms with E-state index < -0.39 is 11.9 Å². The second-order valence-corrected chi connectivity index (χ2v) is 4.30. The molecule has 0 atom stereocenters. The third-order valence-corrected chi connectivity index (χ3v) is 2.85. The smallest absolute Gasteiger partial charge is 0.323 e. The summed E-state index contributed by atoms with van der Waals surface area (Å²) >= 11 is 5.97. The number of carboxylic acids is 2. The highest BCUT2D eigenvalue weighted by molar-refractivity contribution is 6.31. The van der Waals surface area contributed by atoms with Crippen LogP contribution in [0.15, 0.2) is 18.2 Å². The van der Waals surface area contributed by atoms with Gasteiger partial charge in [-0.05, 0) is 24.6 Å². The molecular weight excluding hydrogens is 258 g/mol. The van der Waals surface area contributed by atoms with Crippen LogP contribution in [0.3, 0.4) is 0 Å². The quantitative estimate of drug-likeness (QED) is 0.828. The summed E-state index contributed by atoms with van der Waals surface area (Å²) < 4.78 is 0. The predicted molar refractivity (Wildman–Crippen MR) is 68.3 cm³/mol. The molecule has 98 valence electrons. The lowest BCUT2D eigenvalue weighted by atomic mass is 10.2. The maximum atomic E-state index is 10.8. The van der Waals surface area contributed by atoms with Crippen molar-refractivity contribution in [1.29, 1.82) is 0 Å². The van der Waals surface area contributed by atoms with Crippen LogP contribution in [-0.2, 0) is 9.59 Å². The van der Waals surface area contributed by atoms with Crippen LogP contribution < -0.4 is 4.90 Å². The number of halogens is 1. The molecular formula is C12H14ClNO4. The summed E-state index contributed by atoms with van der Waals surface area (Å²) in [6, 6.07) is 5.14. The lowest BCUT2D eigenvalue weighted by molar-refractivity contribution is -0.138. The summed E-state index contributed by atoms with van der Waals surface area (Å²) in [4.78, 5) is 22.8. The Morgan fingerprint density at radius 3 is 2.44 bits per heavy atom. The highest BCUT2D eigenvalue weighted by Gasteiger charge is 2.13. The maximum Gasteiger partial charge on any atom is 0.323 e. The first-order valence-electron chi connectivity index (χ1n) is 5.35. The minimum Gasteiger partial charge on any atom is -0.481 e. The van der Waals surface area contributed by atoms with Crippen LogP contribution in [0.25, 0.3) is 0 Å². The third-order valence-electron chi connectivity index (χ3n) is 2.44. The van der Waals surface area contributed by atoms with Gasteiger partial charge in [0, 0.05) is 17.3 Å². The lowest BCUT2D eigenvalue weighted by Crippen LogP contribution is -2.31. The number of aliphatic carboxylic acids is 2. The van der Waals surface area contributed by atoms with E-state index in [4.69, 9.17) is 21.8 Å². The third kappa shape index (κ3) is 4.25. The van der Waals surface area contributed by atoms with Gasteiger partial charge >= 0.3 is 11.9 Å². The van der Waals surface area contributed by atoms with E-state index in [-0.39, 0.29) is 19.5 Å². The van der Waals surface area contributed by atoms with Crippen molar-refractivity contribution in [2.75, 3.05) is 18.0 Å². The van der Waals surface area contributed by atoms with E-state index in [1.165, 1.54) is 4.90 Å². The van der Waals surface area contributed by atoms with Crippen molar-refractivity contribution >= 4 is 29.2 Å². The van der Waals surface area contributed by atoms with Crippen molar-refractivity contribution in [3.05, 3.63) is 28.8 Å². The molecule has 0 bridgehead atoms. The molecule has 0 saturated heterocycles. The molecule has 6 heteroatoms. The van der Waals surface area contributed by atoms with E-state index in [1.807, 2.05) is 6.92 Å². The number of rotatable bonds is 6. The second kappa shape index (κ2) is 6.26. The van der Waals surface area contributed by atoms with Gasteiger partial charge in [-0.1, -0.05) is 17.7 Å². The van der Waals surface area contributed by atoms with Gasteiger partial charge in [-0.25, -0.2) is 0 Å². The van der Waals surface area contributed by atoms with E-state index in [1.54, 1.807) is 18.2 Å². The molecule has 5 nitrogen and oxygen atoms in total. The van der Waals surface area contributed by atoms with Gasteiger partial charge in [0.1, 0.15) is 6.54 Å². The monoisotopic (exact) mass is 271 g/mol. The van der Waals surface area contributed by atoms with Gasteiger partial charge in [-0.3, -0.25) is 9.59 Å². The zero-order valence-corrected chi connectivity index (χ0v) is 10.6. The summed E-state index contributed by atoms with van der Waals surface area (Å²) in [5, 5.41) is 18.0. The highest BCUT2D eigenvalue weighted by atomic mass is 35.5. The van der Waals surface area contributed by atoms with Crippen LogP contribution in [0, 0.1) is 6.92 Å². The molecule has 0 aromatic heterocycles. The summed E-state index contributed by atoms with van der Waals surface area (Å²) in [6.07, 6.45) is -0.126. The first kappa shape index (κ1) is 14.3. The molecule has 1 aromatic carbocycles. The van der Waals surface area contributed by atoms with Gasteiger partial charge in [-0.15, -0.1) is 0 Å². The molecule has 0 heterocycles. The molecule has 0 fully saturated rings. The van der Waals surface area contributed by atoms with Crippen LogP contribution in [0.4, 0.5) is 5.69 Å². The standard InChI is InChI=1S/C12H14ClNO4/c1-8-2-3-9(6-10(8)13)14(7-12(17)18)5-4-11(15)16/h2-3,6H,4-5,7H2,1H3,(H,15,16)(H,17,18). The molecule has 18 heavy (non-hydrogen) atoms. The summed E-state index contributed by atoms with van der Waals surface area (Å²) in [6.45, 7) is 1.71. The highest BCUT2D eigenvalue weighted by Crippen LogP contribution is 2.23. The average Bonchev–Trinajstić information content (AvgIpc) is 2.27. The molecule has 0 radical (unpaired) electrons. The van der Waals surface area contributed by atoms with Crippen LogP contribution in [-0.4, -0.2) is 35.2 Å². The molecule has 0 aliphatic carbocycles. The Hall–Kier alpha value is -1.75. The minimum atomic E-state index is -1.02. The predicted octanol–water partition coefficient (Wildman–Crippen LogP) is 2.01. The average molecular weight is 272 g/mol. The van der Waals surface area contributed by atoms with E-state index in [2.05, 4.69) is 0 Å². The number of carbonyl (C=O) groups is 2. The number of benzene rings is 1.